The molecule has 0 aliphatic carbocycles. The van der Waals surface area contributed by atoms with Crippen molar-refractivity contribution in [1.82, 2.24) is 15.2 Å². The molecule has 1 amide bonds. The third-order valence-electron chi connectivity index (χ3n) is 3.15. The number of carbonyl (C=O) groups is 1. The Balaban J connectivity index is 0.00000180. The lowest BCUT2D eigenvalue weighted by Crippen LogP contribution is -2.41. The number of nitrogens with zero attached hydrogens (tertiary/aromatic N) is 2. The number of carbonyl (C=O) groups excluding carboxylic acids is 1. The summed E-state index contributed by atoms with van der Waals surface area (Å²) in [6, 6.07) is 0.485. The van der Waals surface area contributed by atoms with E-state index in [1.165, 1.54) is 24.2 Å². The number of amides is 1. The van der Waals surface area contributed by atoms with Crippen molar-refractivity contribution in [2.75, 3.05) is 32.0 Å². The van der Waals surface area contributed by atoms with Crippen molar-refractivity contribution in [2.45, 2.75) is 25.8 Å². The lowest BCUT2D eigenvalue weighted by Gasteiger charge is -2.23. The fourth-order valence-corrected chi connectivity index (χ4v) is 3.03. The zero-order chi connectivity index (χ0) is 13.0. The van der Waals surface area contributed by atoms with Crippen LogP contribution in [0.1, 0.15) is 18.5 Å². The average Bonchev–Trinajstić information content (AvgIpc) is 2.90. The van der Waals surface area contributed by atoms with Gasteiger partial charge in [0.2, 0.25) is 5.91 Å². The van der Waals surface area contributed by atoms with E-state index < -0.39 is 0 Å². The Labute approximate surface area is 124 Å². The highest BCUT2D eigenvalue weighted by Gasteiger charge is 2.25. The Hall–Kier alpha value is -0.690. The number of aromatic nitrogens is 1. The molecule has 0 aromatic carbocycles. The molecule has 1 unspecified atom stereocenters. The van der Waals surface area contributed by atoms with E-state index in [1.807, 2.05) is 19.4 Å². The highest BCUT2D eigenvalue weighted by Crippen LogP contribution is 2.17. The van der Waals surface area contributed by atoms with Crippen LogP contribution in [0.3, 0.4) is 0 Å². The third-order valence-corrected chi connectivity index (χ3v) is 4.03. The van der Waals surface area contributed by atoms with Gasteiger partial charge >= 0.3 is 0 Å². The highest BCUT2D eigenvalue weighted by atomic mass is 35.5. The van der Waals surface area contributed by atoms with Crippen molar-refractivity contribution in [2.24, 2.45) is 0 Å². The molecule has 2 rings (SSSR count). The maximum atomic E-state index is 11.9. The zero-order valence-electron chi connectivity index (χ0n) is 11.3. The average molecular weight is 305 g/mol. The minimum Gasteiger partial charge on any atom is -0.318 e. The van der Waals surface area contributed by atoms with Crippen LogP contribution in [0.2, 0.25) is 0 Å². The van der Waals surface area contributed by atoms with Crippen LogP contribution in [0.25, 0.3) is 0 Å². The second-order valence-corrected chi connectivity index (χ2v) is 5.52. The van der Waals surface area contributed by atoms with Crippen molar-refractivity contribution in [1.29, 1.82) is 0 Å². The van der Waals surface area contributed by atoms with Crippen molar-refractivity contribution >= 4 is 34.8 Å². The molecule has 19 heavy (non-hydrogen) atoms. The summed E-state index contributed by atoms with van der Waals surface area (Å²) < 4.78 is 0. The lowest BCUT2D eigenvalue weighted by atomic mass is 10.2. The summed E-state index contributed by atoms with van der Waals surface area (Å²) in [6.07, 6.45) is 2.35. The van der Waals surface area contributed by atoms with Gasteiger partial charge in [-0.3, -0.25) is 9.69 Å². The van der Waals surface area contributed by atoms with Gasteiger partial charge < -0.3 is 10.6 Å². The van der Waals surface area contributed by atoms with E-state index >= 15 is 0 Å². The smallest absolute Gasteiger partial charge is 0.240 e. The normalized spacial score (nSPS) is 19.2. The van der Waals surface area contributed by atoms with Crippen molar-refractivity contribution in [3.8, 4) is 0 Å². The van der Waals surface area contributed by atoms with Crippen LogP contribution in [0.5, 0.6) is 0 Å². The second-order valence-electron chi connectivity index (χ2n) is 4.67. The van der Waals surface area contributed by atoms with Crippen LogP contribution in [-0.4, -0.2) is 48.5 Å². The number of nitrogens with one attached hydrogen (secondary N) is 2. The molecule has 2 N–H and O–H groups in total. The number of likely N-dealkylation sites (tertiary alicyclic amines) is 1. The molecule has 1 fully saturated rings. The van der Waals surface area contributed by atoms with E-state index in [4.69, 9.17) is 0 Å². The van der Waals surface area contributed by atoms with Gasteiger partial charge in [0.25, 0.3) is 0 Å². The van der Waals surface area contributed by atoms with Gasteiger partial charge in [0.05, 0.1) is 12.2 Å². The Kier molecular flexibility index (Phi) is 6.71. The number of halogens is 1. The second kappa shape index (κ2) is 7.79. The Morgan fingerprint density at radius 2 is 2.42 bits per heavy atom. The first-order chi connectivity index (χ1) is 8.69. The van der Waals surface area contributed by atoms with Gasteiger partial charge in [0.1, 0.15) is 0 Å². The van der Waals surface area contributed by atoms with Crippen LogP contribution in [0.15, 0.2) is 5.38 Å². The van der Waals surface area contributed by atoms with Crippen molar-refractivity contribution < 1.29 is 4.79 Å². The fourth-order valence-electron chi connectivity index (χ4n) is 2.32. The first-order valence-electron chi connectivity index (χ1n) is 6.29. The molecule has 7 heteroatoms. The summed E-state index contributed by atoms with van der Waals surface area (Å²) in [6.45, 7) is 4.35. The maximum Gasteiger partial charge on any atom is 0.240 e. The van der Waals surface area contributed by atoms with E-state index in [2.05, 4.69) is 20.5 Å². The van der Waals surface area contributed by atoms with Crippen LogP contribution in [-0.2, 0) is 4.79 Å². The number of thiazole rings is 1. The maximum absolute atomic E-state index is 11.9. The monoisotopic (exact) mass is 304 g/mol. The Morgan fingerprint density at radius 3 is 3.05 bits per heavy atom. The Morgan fingerprint density at radius 1 is 1.63 bits per heavy atom. The molecule has 1 saturated heterocycles. The summed E-state index contributed by atoms with van der Waals surface area (Å²) >= 11 is 1.47. The topological polar surface area (TPSA) is 57.3 Å². The number of hydrogen-bond acceptors (Lipinski definition) is 5. The molecule has 2 heterocycles. The summed E-state index contributed by atoms with van der Waals surface area (Å²) in [5, 5.41) is 8.68. The third kappa shape index (κ3) is 4.72. The minimum absolute atomic E-state index is 0. The van der Waals surface area contributed by atoms with Gasteiger partial charge in [-0.2, -0.15) is 0 Å². The largest absolute Gasteiger partial charge is 0.318 e. The van der Waals surface area contributed by atoms with Crippen LogP contribution >= 0.6 is 23.7 Å². The summed E-state index contributed by atoms with van der Waals surface area (Å²) in [4.78, 5) is 18.4. The molecule has 0 bridgehead atoms. The predicted molar refractivity (Wildman–Crippen MR) is 81.3 cm³/mol. The number of anilines is 1. The van der Waals surface area contributed by atoms with E-state index in [0.717, 1.165) is 18.8 Å². The molecule has 1 aliphatic heterocycles. The van der Waals surface area contributed by atoms with Gasteiger partial charge in [-0.1, -0.05) is 0 Å². The zero-order valence-corrected chi connectivity index (χ0v) is 12.9. The first kappa shape index (κ1) is 16.4. The summed E-state index contributed by atoms with van der Waals surface area (Å²) in [5.74, 6) is 0.0346. The van der Waals surface area contributed by atoms with Crippen LogP contribution < -0.4 is 10.6 Å². The number of aryl methyl sites for hydroxylation is 1. The van der Waals surface area contributed by atoms with E-state index in [-0.39, 0.29) is 18.3 Å². The van der Waals surface area contributed by atoms with Gasteiger partial charge in [-0.25, -0.2) is 4.98 Å². The standard InChI is InChI=1S/C12H20N4OS.ClH/c1-9-8-18-12(14-9)15-11(17)7-16-5-3-4-10(16)6-13-2;/h8,10,13H,3-7H2,1-2H3,(H,14,15,17);1H. The van der Waals surface area contributed by atoms with E-state index in [9.17, 15) is 4.79 Å². The highest BCUT2D eigenvalue weighted by molar-refractivity contribution is 7.13. The lowest BCUT2D eigenvalue weighted by molar-refractivity contribution is -0.117. The number of likely N-dealkylation sites (N-methyl/N-ethyl adjacent to an activating group) is 1. The fraction of sp³-hybridized carbons (Fsp3) is 0.667. The van der Waals surface area contributed by atoms with Crippen molar-refractivity contribution in [3.63, 3.8) is 0 Å². The molecular weight excluding hydrogens is 284 g/mol. The number of hydrogen-bond donors (Lipinski definition) is 2. The van der Waals surface area contributed by atoms with Gasteiger partial charge in [0, 0.05) is 18.0 Å². The van der Waals surface area contributed by atoms with E-state index in [0.29, 0.717) is 17.7 Å². The first-order valence-corrected chi connectivity index (χ1v) is 7.17. The van der Waals surface area contributed by atoms with Gasteiger partial charge in [-0.05, 0) is 33.4 Å². The molecule has 1 aliphatic rings. The molecule has 108 valence electrons. The van der Waals surface area contributed by atoms with Crippen LogP contribution in [0.4, 0.5) is 5.13 Å². The molecule has 5 nitrogen and oxygen atoms in total. The minimum atomic E-state index is 0. The summed E-state index contributed by atoms with van der Waals surface area (Å²) in [5.41, 5.74) is 0.949. The van der Waals surface area contributed by atoms with Gasteiger partial charge in [-0.15, -0.1) is 23.7 Å². The molecular formula is C12H21ClN4OS. The van der Waals surface area contributed by atoms with Gasteiger partial charge in [0.15, 0.2) is 5.13 Å². The molecule has 0 saturated carbocycles. The molecule has 0 radical (unpaired) electrons. The Bertz CT molecular complexity index is 412. The van der Waals surface area contributed by atoms with E-state index in [1.54, 1.807) is 0 Å². The summed E-state index contributed by atoms with van der Waals surface area (Å²) in [7, 11) is 1.95. The molecule has 1 atom stereocenters. The van der Waals surface area contributed by atoms with Crippen LogP contribution in [0, 0.1) is 6.92 Å². The quantitative estimate of drug-likeness (QED) is 0.865. The molecule has 0 spiro atoms. The number of rotatable bonds is 5. The van der Waals surface area contributed by atoms with Crippen molar-refractivity contribution in [3.05, 3.63) is 11.1 Å². The predicted octanol–water partition coefficient (Wildman–Crippen LogP) is 1.50. The SMILES string of the molecule is CNCC1CCCN1CC(=O)Nc1nc(C)cs1.Cl. The molecule has 1 aromatic heterocycles. The molecule has 1 aromatic rings.